The Kier molecular flexibility index (Phi) is 4.42. The van der Waals surface area contributed by atoms with Crippen LogP contribution in [0.5, 0.6) is 0 Å². The molecule has 0 aliphatic heterocycles. The van der Waals surface area contributed by atoms with Crippen molar-refractivity contribution in [1.82, 2.24) is 19.8 Å². The van der Waals surface area contributed by atoms with E-state index in [4.69, 9.17) is 4.52 Å². The van der Waals surface area contributed by atoms with Crippen molar-refractivity contribution in [3.8, 4) is 11.4 Å². The summed E-state index contributed by atoms with van der Waals surface area (Å²) in [5, 5.41) is 3.69. The topological polar surface area (TPSA) is 98.0 Å². The second-order valence-corrected chi connectivity index (χ2v) is 8.01. The van der Waals surface area contributed by atoms with Gasteiger partial charge in [-0.1, -0.05) is 23.4 Å². The van der Waals surface area contributed by atoms with Gasteiger partial charge in [0, 0.05) is 24.0 Å². The standard InChI is InChI=1S/C17H13F3N4O3S/c18-17(19,20)11-6-10(8-21-9-11)15-22-16(27-23-15)13-7-14(13)24-28(25,26)12-4-2-1-3-5-12/h1-6,8-9,13-14,24H,7H2/t13-,14-/m1/s1. The SMILES string of the molecule is O=S(=O)(N[C@@H]1C[C@H]1c1nc(-c2cncc(C(F)(F)F)c2)no1)c1ccccc1. The number of benzene rings is 1. The number of hydrogen-bond donors (Lipinski definition) is 1. The van der Waals surface area contributed by atoms with Crippen molar-refractivity contribution in [3.63, 3.8) is 0 Å². The summed E-state index contributed by atoms with van der Waals surface area (Å²) < 4.78 is 70.7. The highest BCUT2D eigenvalue weighted by Gasteiger charge is 2.45. The first-order valence-electron chi connectivity index (χ1n) is 8.18. The van der Waals surface area contributed by atoms with Crippen LogP contribution in [0, 0.1) is 0 Å². The number of aromatic nitrogens is 3. The molecule has 2 heterocycles. The van der Waals surface area contributed by atoms with Crippen LogP contribution in [0.3, 0.4) is 0 Å². The fraction of sp³-hybridized carbons (Fsp3) is 0.235. The van der Waals surface area contributed by atoms with Crippen molar-refractivity contribution in [2.24, 2.45) is 0 Å². The number of rotatable bonds is 5. The lowest BCUT2D eigenvalue weighted by atomic mass is 10.2. The van der Waals surface area contributed by atoms with Gasteiger partial charge in [0.1, 0.15) is 0 Å². The summed E-state index contributed by atoms with van der Waals surface area (Å²) in [5.41, 5.74) is -0.858. The number of sulfonamides is 1. The molecule has 1 fully saturated rings. The zero-order chi connectivity index (χ0) is 19.9. The van der Waals surface area contributed by atoms with E-state index in [2.05, 4.69) is 19.8 Å². The Morgan fingerprint density at radius 1 is 1.14 bits per heavy atom. The van der Waals surface area contributed by atoms with Gasteiger partial charge in [0.25, 0.3) is 0 Å². The average Bonchev–Trinajstić information content (AvgIpc) is 3.23. The highest BCUT2D eigenvalue weighted by Crippen LogP contribution is 2.41. The van der Waals surface area contributed by atoms with Crippen molar-refractivity contribution in [1.29, 1.82) is 0 Å². The fourth-order valence-corrected chi connectivity index (χ4v) is 4.00. The van der Waals surface area contributed by atoms with E-state index in [1.807, 2.05) is 0 Å². The van der Waals surface area contributed by atoms with Crippen molar-refractivity contribution in [2.45, 2.75) is 29.5 Å². The molecule has 0 saturated heterocycles. The molecule has 7 nitrogen and oxygen atoms in total. The number of nitrogens with one attached hydrogen (secondary N) is 1. The largest absolute Gasteiger partial charge is 0.417 e. The fourth-order valence-electron chi connectivity index (χ4n) is 2.69. The van der Waals surface area contributed by atoms with Gasteiger partial charge in [-0.25, -0.2) is 13.1 Å². The Bertz CT molecular complexity index is 1100. The maximum atomic E-state index is 12.8. The van der Waals surface area contributed by atoms with Gasteiger partial charge < -0.3 is 4.52 Å². The minimum atomic E-state index is -4.53. The van der Waals surface area contributed by atoms with Crippen molar-refractivity contribution >= 4 is 10.0 Å². The number of halogens is 3. The van der Waals surface area contributed by atoms with E-state index in [1.165, 1.54) is 18.3 Å². The highest BCUT2D eigenvalue weighted by atomic mass is 32.2. The van der Waals surface area contributed by atoms with E-state index in [0.717, 1.165) is 6.07 Å². The number of hydrogen-bond acceptors (Lipinski definition) is 6. The first-order chi connectivity index (χ1) is 13.2. The number of pyridine rings is 1. The summed E-state index contributed by atoms with van der Waals surface area (Å²) in [5.74, 6) is -0.211. The molecule has 11 heteroatoms. The van der Waals surface area contributed by atoms with Crippen LogP contribution in [0.2, 0.25) is 0 Å². The molecule has 1 aliphatic carbocycles. The Morgan fingerprint density at radius 2 is 1.89 bits per heavy atom. The van der Waals surface area contributed by atoms with E-state index >= 15 is 0 Å². The first kappa shape index (κ1) is 18.6. The Balaban J connectivity index is 1.48. The van der Waals surface area contributed by atoms with E-state index in [0.29, 0.717) is 12.6 Å². The molecule has 4 rings (SSSR count). The summed E-state index contributed by atoms with van der Waals surface area (Å²) in [6, 6.07) is 8.36. The normalized spacial score (nSPS) is 19.5. The summed E-state index contributed by atoms with van der Waals surface area (Å²) in [4.78, 5) is 7.80. The first-order valence-corrected chi connectivity index (χ1v) is 9.66. The molecule has 0 radical (unpaired) electrons. The van der Waals surface area contributed by atoms with E-state index < -0.39 is 27.8 Å². The van der Waals surface area contributed by atoms with Gasteiger partial charge in [0.2, 0.25) is 21.7 Å². The summed E-state index contributed by atoms with van der Waals surface area (Å²) in [6.45, 7) is 0. The lowest BCUT2D eigenvalue weighted by Gasteiger charge is -2.05. The monoisotopic (exact) mass is 410 g/mol. The molecule has 1 N–H and O–H groups in total. The predicted octanol–water partition coefficient (Wildman–Crippen LogP) is 2.98. The third kappa shape index (κ3) is 3.76. The van der Waals surface area contributed by atoms with Crippen LogP contribution >= 0.6 is 0 Å². The highest BCUT2D eigenvalue weighted by molar-refractivity contribution is 7.89. The summed E-state index contributed by atoms with van der Waals surface area (Å²) >= 11 is 0. The van der Waals surface area contributed by atoms with Gasteiger partial charge in [0.15, 0.2) is 0 Å². The van der Waals surface area contributed by atoms with Gasteiger partial charge in [-0.2, -0.15) is 18.2 Å². The third-order valence-electron chi connectivity index (χ3n) is 4.23. The molecule has 2 aromatic heterocycles. The molecule has 1 aromatic carbocycles. The lowest BCUT2D eigenvalue weighted by Crippen LogP contribution is -2.26. The Morgan fingerprint density at radius 3 is 2.61 bits per heavy atom. The van der Waals surface area contributed by atoms with Crippen LogP contribution in [0.15, 0.2) is 58.2 Å². The van der Waals surface area contributed by atoms with E-state index in [1.54, 1.807) is 18.2 Å². The van der Waals surface area contributed by atoms with Crippen LogP contribution in [0.1, 0.15) is 23.8 Å². The molecule has 146 valence electrons. The van der Waals surface area contributed by atoms with Crippen molar-refractivity contribution in [2.75, 3.05) is 0 Å². The maximum absolute atomic E-state index is 12.8. The predicted molar refractivity (Wildman–Crippen MR) is 90.4 cm³/mol. The van der Waals surface area contributed by atoms with Gasteiger partial charge in [-0.3, -0.25) is 4.98 Å². The summed E-state index contributed by atoms with van der Waals surface area (Å²) in [6.07, 6.45) is -2.17. The maximum Gasteiger partial charge on any atom is 0.417 e. The molecule has 28 heavy (non-hydrogen) atoms. The third-order valence-corrected chi connectivity index (χ3v) is 5.74. The Hall–Kier alpha value is -2.79. The number of nitrogens with zero attached hydrogens (tertiary/aromatic N) is 3. The second kappa shape index (κ2) is 6.67. The molecule has 2 atom stereocenters. The van der Waals surface area contributed by atoms with Gasteiger partial charge in [-0.15, -0.1) is 0 Å². The Labute approximate surface area is 157 Å². The van der Waals surface area contributed by atoms with Gasteiger partial charge in [0.05, 0.1) is 16.4 Å². The van der Waals surface area contributed by atoms with Crippen molar-refractivity contribution < 1.29 is 26.1 Å². The smallest absolute Gasteiger partial charge is 0.339 e. The molecule has 0 spiro atoms. The lowest BCUT2D eigenvalue weighted by molar-refractivity contribution is -0.137. The zero-order valence-corrected chi connectivity index (χ0v) is 14.9. The van der Waals surface area contributed by atoms with Gasteiger partial charge >= 0.3 is 6.18 Å². The molecule has 1 aliphatic rings. The molecule has 0 unspecified atom stereocenters. The van der Waals surface area contributed by atoms with Crippen molar-refractivity contribution in [3.05, 3.63) is 60.2 Å². The minimum Gasteiger partial charge on any atom is -0.339 e. The van der Waals surface area contributed by atoms with Gasteiger partial charge in [-0.05, 0) is 24.6 Å². The van der Waals surface area contributed by atoms with E-state index in [9.17, 15) is 21.6 Å². The molecular formula is C17H13F3N4O3S. The van der Waals surface area contributed by atoms with Crippen LogP contribution in [-0.4, -0.2) is 29.6 Å². The molecule has 0 amide bonds. The minimum absolute atomic E-state index is 0.0369. The zero-order valence-electron chi connectivity index (χ0n) is 14.1. The molecule has 1 saturated carbocycles. The quantitative estimate of drug-likeness (QED) is 0.695. The number of alkyl halides is 3. The second-order valence-electron chi connectivity index (χ2n) is 6.30. The molecule has 0 bridgehead atoms. The van der Waals surface area contributed by atoms with Crippen LogP contribution in [0.4, 0.5) is 13.2 Å². The summed E-state index contributed by atoms with van der Waals surface area (Å²) in [7, 11) is -3.68. The molecule has 3 aromatic rings. The van der Waals surface area contributed by atoms with Crippen LogP contribution in [-0.2, 0) is 16.2 Å². The van der Waals surface area contributed by atoms with E-state index in [-0.39, 0.29) is 28.1 Å². The van der Waals surface area contributed by atoms with Crippen LogP contribution in [0.25, 0.3) is 11.4 Å². The molecular weight excluding hydrogens is 397 g/mol. The average molecular weight is 410 g/mol. The van der Waals surface area contributed by atoms with Crippen LogP contribution < -0.4 is 4.72 Å².